The van der Waals surface area contributed by atoms with Gasteiger partial charge < -0.3 is 19.6 Å². The smallest absolute Gasteiger partial charge is 0.357 e. The molecule has 0 aliphatic rings. The minimum atomic E-state index is -1.11. The first-order valence-corrected chi connectivity index (χ1v) is 4.42. The number of oxazole rings is 1. The van der Waals surface area contributed by atoms with Gasteiger partial charge in [0.15, 0.2) is 5.69 Å². The molecule has 0 aromatic carbocycles. The maximum Gasteiger partial charge on any atom is 0.357 e. The minimum Gasteiger partial charge on any atom is -0.476 e. The molecular weight excluding hydrogens is 200 g/mol. The van der Waals surface area contributed by atoms with Crippen molar-refractivity contribution in [3.8, 4) is 0 Å². The molecule has 1 rings (SSSR count). The van der Waals surface area contributed by atoms with E-state index in [0.717, 1.165) is 6.26 Å². The fraction of sp³-hybridized carbons (Fsp3) is 0.556. The average molecular weight is 214 g/mol. The van der Waals surface area contributed by atoms with Crippen LogP contribution in [0.5, 0.6) is 0 Å². The Morgan fingerprint density at radius 1 is 1.73 bits per heavy atom. The van der Waals surface area contributed by atoms with Crippen LogP contribution in [0.4, 0.5) is 6.01 Å². The van der Waals surface area contributed by atoms with E-state index in [9.17, 15) is 4.79 Å². The molecule has 0 radical (unpaired) electrons. The van der Waals surface area contributed by atoms with Crippen molar-refractivity contribution in [2.75, 3.05) is 19.0 Å². The molecule has 0 atom stereocenters. The molecule has 1 heterocycles. The van der Waals surface area contributed by atoms with Crippen molar-refractivity contribution < 1.29 is 19.1 Å². The summed E-state index contributed by atoms with van der Waals surface area (Å²) < 4.78 is 10.1. The Hall–Kier alpha value is -1.56. The summed E-state index contributed by atoms with van der Waals surface area (Å²) in [6.07, 6.45) is 1.09. The molecule has 0 saturated heterocycles. The quantitative estimate of drug-likeness (QED) is 0.766. The molecule has 0 amide bonds. The number of anilines is 1. The lowest BCUT2D eigenvalue weighted by Crippen LogP contribution is -2.32. The summed E-state index contributed by atoms with van der Waals surface area (Å²) in [6.45, 7) is 4.26. The highest BCUT2D eigenvalue weighted by Crippen LogP contribution is 2.11. The van der Waals surface area contributed by atoms with Crippen molar-refractivity contribution in [2.45, 2.75) is 19.4 Å². The first-order valence-electron chi connectivity index (χ1n) is 4.42. The minimum absolute atomic E-state index is 0.118. The van der Waals surface area contributed by atoms with Gasteiger partial charge in [-0.25, -0.2) is 4.79 Å². The Kier molecular flexibility index (Phi) is 3.31. The number of hydrogen-bond donors (Lipinski definition) is 2. The molecular formula is C9H14N2O4. The van der Waals surface area contributed by atoms with Crippen molar-refractivity contribution >= 4 is 12.0 Å². The third kappa shape index (κ3) is 3.25. The van der Waals surface area contributed by atoms with Gasteiger partial charge in [0, 0.05) is 13.7 Å². The van der Waals surface area contributed by atoms with Gasteiger partial charge in [-0.05, 0) is 13.8 Å². The van der Waals surface area contributed by atoms with E-state index in [1.165, 1.54) is 0 Å². The largest absolute Gasteiger partial charge is 0.476 e. The number of nitrogens with zero attached hydrogens (tertiary/aromatic N) is 1. The zero-order valence-corrected chi connectivity index (χ0v) is 8.90. The van der Waals surface area contributed by atoms with Crippen LogP contribution in [0.3, 0.4) is 0 Å². The topological polar surface area (TPSA) is 84.6 Å². The van der Waals surface area contributed by atoms with E-state index in [1.54, 1.807) is 7.11 Å². The summed E-state index contributed by atoms with van der Waals surface area (Å²) in [7, 11) is 1.60. The summed E-state index contributed by atoms with van der Waals surface area (Å²) in [5, 5.41) is 11.4. The molecule has 0 aliphatic carbocycles. The lowest BCUT2D eigenvalue weighted by atomic mass is 10.1. The van der Waals surface area contributed by atoms with Crippen molar-refractivity contribution in [3.05, 3.63) is 12.0 Å². The summed E-state index contributed by atoms with van der Waals surface area (Å²) in [5.74, 6) is -1.11. The summed E-state index contributed by atoms with van der Waals surface area (Å²) in [6, 6.07) is 0.178. The van der Waals surface area contributed by atoms with Crippen LogP contribution in [0.1, 0.15) is 24.3 Å². The first kappa shape index (κ1) is 11.5. The van der Waals surface area contributed by atoms with E-state index < -0.39 is 5.97 Å². The van der Waals surface area contributed by atoms with Crippen LogP contribution in [0.25, 0.3) is 0 Å². The highest BCUT2D eigenvalue weighted by Gasteiger charge is 2.17. The lowest BCUT2D eigenvalue weighted by Gasteiger charge is -2.22. The second kappa shape index (κ2) is 4.31. The first-order chi connectivity index (χ1) is 6.94. The van der Waals surface area contributed by atoms with Gasteiger partial charge in [-0.1, -0.05) is 0 Å². The Morgan fingerprint density at radius 2 is 2.40 bits per heavy atom. The molecule has 6 heteroatoms. The average Bonchev–Trinajstić information content (AvgIpc) is 2.63. The second-order valence-electron chi connectivity index (χ2n) is 3.66. The molecule has 84 valence electrons. The number of aromatic nitrogens is 1. The molecule has 2 N–H and O–H groups in total. The third-order valence-corrected chi connectivity index (χ3v) is 1.94. The maximum atomic E-state index is 10.5. The number of aromatic carboxylic acids is 1. The molecule has 0 fully saturated rings. The van der Waals surface area contributed by atoms with Gasteiger partial charge in [0.05, 0.1) is 5.60 Å². The number of carboxylic acid groups (broad SMARTS) is 1. The van der Waals surface area contributed by atoms with E-state index in [2.05, 4.69) is 10.3 Å². The molecule has 15 heavy (non-hydrogen) atoms. The van der Waals surface area contributed by atoms with Gasteiger partial charge in [0.25, 0.3) is 6.01 Å². The number of hydrogen-bond acceptors (Lipinski definition) is 5. The molecule has 1 aromatic heterocycles. The van der Waals surface area contributed by atoms with Crippen molar-refractivity contribution in [3.63, 3.8) is 0 Å². The van der Waals surface area contributed by atoms with Crippen LogP contribution in [-0.2, 0) is 4.74 Å². The fourth-order valence-corrected chi connectivity index (χ4v) is 0.814. The Balaban J connectivity index is 2.55. The highest BCUT2D eigenvalue weighted by atomic mass is 16.5. The zero-order chi connectivity index (χ0) is 11.5. The van der Waals surface area contributed by atoms with Crippen molar-refractivity contribution in [1.29, 1.82) is 0 Å². The van der Waals surface area contributed by atoms with Crippen LogP contribution in [0.2, 0.25) is 0 Å². The van der Waals surface area contributed by atoms with Crippen molar-refractivity contribution in [1.82, 2.24) is 4.98 Å². The van der Waals surface area contributed by atoms with E-state index in [0.29, 0.717) is 6.54 Å². The number of nitrogens with one attached hydrogen (secondary N) is 1. The van der Waals surface area contributed by atoms with Gasteiger partial charge in [-0.15, -0.1) is 0 Å². The molecule has 0 unspecified atom stereocenters. The zero-order valence-electron chi connectivity index (χ0n) is 8.90. The SMILES string of the molecule is COC(C)(C)CNc1nc(C(=O)O)co1. The Labute approximate surface area is 87.3 Å². The fourth-order valence-electron chi connectivity index (χ4n) is 0.814. The van der Waals surface area contributed by atoms with E-state index >= 15 is 0 Å². The standard InChI is InChI=1S/C9H14N2O4/c1-9(2,14-3)5-10-8-11-6(4-15-8)7(12)13/h4H,5H2,1-3H3,(H,10,11)(H,12,13). The van der Waals surface area contributed by atoms with E-state index in [1.807, 2.05) is 13.8 Å². The van der Waals surface area contributed by atoms with E-state index in [-0.39, 0.29) is 17.3 Å². The summed E-state index contributed by atoms with van der Waals surface area (Å²) in [4.78, 5) is 14.2. The molecule has 0 aliphatic heterocycles. The molecule has 1 aromatic rings. The molecule has 0 spiro atoms. The Bertz CT molecular complexity index is 346. The number of carboxylic acids is 1. The molecule has 0 bridgehead atoms. The predicted octanol–water partition coefficient (Wildman–Crippen LogP) is 1.21. The maximum absolute atomic E-state index is 10.5. The molecule has 0 saturated carbocycles. The van der Waals surface area contributed by atoms with Crippen molar-refractivity contribution in [2.24, 2.45) is 0 Å². The monoisotopic (exact) mass is 214 g/mol. The van der Waals surface area contributed by atoms with Crippen LogP contribution >= 0.6 is 0 Å². The van der Waals surface area contributed by atoms with Gasteiger partial charge in [-0.3, -0.25) is 0 Å². The van der Waals surface area contributed by atoms with Gasteiger partial charge >= 0.3 is 5.97 Å². The summed E-state index contributed by atoms with van der Waals surface area (Å²) >= 11 is 0. The van der Waals surface area contributed by atoms with Crippen LogP contribution in [0.15, 0.2) is 10.7 Å². The highest BCUT2D eigenvalue weighted by molar-refractivity contribution is 5.85. The van der Waals surface area contributed by atoms with Gasteiger partial charge in [0.2, 0.25) is 0 Å². The van der Waals surface area contributed by atoms with E-state index in [4.69, 9.17) is 14.3 Å². The van der Waals surface area contributed by atoms with Gasteiger partial charge in [-0.2, -0.15) is 4.98 Å². The van der Waals surface area contributed by atoms with Crippen LogP contribution < -0.4 is 5.32 Å². The lowest BCUT2D eigenvalue weighted by molar-refractivity contribution is 0.0339. The normalized spacial score (nSPS) is 11.4. The van der Waals surface area contributed by atoms with Gasteiger partial charge in [0.1, 0.15) is 6.26 Å². The number of ether oxygens (including phenoxy) is 1. The third-order valence-electron chi connectivity index (χ3n) is 1.94. The van der Waals surface area contributed by atoms with Crippen LogP contribution in [-0.4, -0.2) is 35.3 Å². The Morgan fingerprint density at radius 3 is 2.87 bits per heavy atom. The predicted molar refractivity (Wildman–Crippen MR) is 53.0 cm³/mol. The number of carbonyl (C=O) groups is 1. The van der Waals surface area contributed by atoms with Crippen LogP contribution in [0, 0.1) is 0 Å². The number of rotatable bonds is 5. The molecule has 6 nitrogen and oxygen atoms in total. The summed E-state index contributed by atoms with van der Waals surface area (Å²) in [5.41, 5.74) is -0.481. The number of methoxy groups -OCH3 is 1. The second-order valence-corrected chi connectivity index (χ2v) is 3.66.